The zero-order valence-electron chi connectivity index (χ0n) is 12.4. The minimum absolute atomic E-state index is 0.0554. The van der Waals surface area contributed by atoms with Crippen LogP contribution in [0.15, 0.2) is 51.9 Å². The number of carbonyl (C=O) groups excluding carboxylic acids is 1. The molecule has 1 amide bonds. The van der Waals surface area contributed by atoms with E-state index < -0.39 is 0 Å². The third-order valence-corrected chi connectivity index (χ3v) is 3.25. The van der Waals surface area contributed by atoms with E-state index in [9.17, 15) is 4.79 Å². The number of rotatable bonds is 7. The fourth-order valence-corrected chi connectivity index (χ4v) is 2.06. The first-order chi connectivity index (χ1) is 11.3. The molecule has 0 aliphatic rings. The Bertz CT molecular complexity index is 738. The number of carbonyl (C=O) groups is 1. The van der Waals surface area contributed by atoms with Gasteiger partial charge < -0.3 is 14.3 Å². The molecule has 0 spiro atoms. The van der Waals surface area contributed by atoms with Crippen LogP contribution in [0.4, 0.5) is 0 Å². The molecule has 1 N–H and O–H groups in total. The van der Waals surface area contributed by atoms with Gasteiger partial charge >= 0.3 is 0 Å². The van der Waals surface area contributed by atoms with Crippen molar-refractivity contribution in [3.8, 4) is 11.4 Å². The molecule has 0 aliphatic carbocycles. The smallest absolute Gasteiger partial charge is 0.227 e. The van der Waals surface area contributed by atoms with Gasteiger partial charge in [0.05, 0.1) is 6.26 Å². The Hall–Kier alpha value is -2.96. The van der Waals surface area contributed by atoms with E-state index in [0.29, 0.717) is 37.5 Å². The maximum Gasteiger partial charge on any atom is 0.227 e. The third-order valence-electron chi connectivity index (χ3n) is 3.25. The SMILES string of the molecule is O=C(CCc1nc(-c2ccncc2)no1)NCCc1ccco1. The van der Waals surface area contributed by atoms with Gasteiger partial charge in [0.25, 0.3) is 0 Å². The van der Waals surface area contributed by atoms with Gasteiger partial charge in [-0.15, -0.1) is 0 Å². The van der Waals surface area contributed by atoms with Crippen molar-refractivity contribution in [2.45, 2.75) is 19.3 Å². The molecular weight excluding hydrogens is 296 g/mol. The lowest BCUT2D eigenvalue weighted by molar-refractivity contribution is -0.121. The molecule has 7 nitrogen and oxygen atoms in total. The first kappa shape index (κ1) is 15.0. The lowest BCUT2D eigenvalue weighted by Crippen LogP contribution is -2.25. The summed E-state index contributed by atoms with van der Waals surface area (Å²) >= 11 is 0. The van der Waals surface area contributed by atoms with E-state index in [4.69, 9.17) is 8.94 Å². The molecule has 3 rings (SSSR count). The average molecular weight is 312 g/mol. The quantitative estimate of drug-likeness (QED) is 0.717. The zero-order valence-corrected chi connectivity index (χ0v) is 12.4. The van der Waals surface area contributed by atoms with Gasteiger partial charge in [-0.1, -0.05) is 5.16 Å². The molecule has 0 atom stereocenters. The number of aryl methyl sites for hydroxylation is 1. The third kappa shape index (κ3) is 4.26. The molecule has 0 saturated heterocycles. The van der Waals surface area contributed by atoms with Crippen LogP contribution in [0.25, 0.3) is 11.4 Å². The molecule has 3 heterocycles. The Morgan fingerprint density at radius 1 is 1.17 bits per heavy atom. The molecule has 0 saturated carbocycles. The monoisotopic (exact) mass is 312 g/mol. The number of furan rings is 1. The highest BCUT2D eigenvalue weighted by Gasteiger charge is 2.10. The van der Waals surface area contributed by atoms with Gasteiger partial charge in [0, 0.05) is 43.8 Å². The van der Waals surface area contributed by atoms with Crippen LogP contribution in [-0.4, -0.2) is 27.6 Å². The van der Waals surface area contributed by atoms with Crippen molar-refractivity contribution in [1.29, 1.82) is 0 Å². The van der Waals surface area contributed by atoms with E-state index in [0.717, 1.165) is 11.3 Å². The molecule has 3 aromatic heterocycles. The highest BCUT2D eigenvalue weighted by Crippen LogP contribution is 2.14. The van der Waals surface area contributed by atoms with Crippen molar-refractivity contribution in [3.63, 3.8) is 0 Å². The highest BCUT2D eigenvalue weighted by atomic mass is 16.5. The number of hydrogen-bond donors (Lipinski definition) is 1. The summed E-state index contributed by atoms with van der Waals surface area (Å²) in [6.07, 6.45) is 6.33. The Kier molecular flexibility index (Phi) is 4.78. The second-order valence-corrected chi connectivity index (χ2v) is 4.93. The second-order valence-electron chi connectivity index (χ2n) is 4.93. The summed E-state index contributed by atoms with van der Waals surface area (Å²) < 4.78 is 10.4. The van der Waals surface area contributed by atoms with Crippen LogP contribution in [0.1, 0.15) is 18.1 Å². The standard InChI is InChI=1S/C16H16N4O3/c21-14(18-10-7-13-2-1-11-22-13)3-4-15-19-16(20-23-15)12-5-8-17-9-6-12/h1-2,5-6,8-9,11H,3-4,7,10H2,(H,18,21). The van der Waals surface area contributed by atoms with Crippen LogP contribution in [0, 0.1) is 0 Å². The van der Waals surface area contributed by atoms with E-state index >= 15 is 0 Å². The van der Waals surface area contributed by atoms with Crippen LogP contribution in [0.2, 0.25) is 0 Å². The second kappa shape index (κ2) is 7.35. The van der Waals surface area contributed by atoms with Crippen LogP contribution in [0.3, 0.4) is 0 Å². The lowest BCUT2D eigenvalue weighted by Gasteiger charge is -2.02. The highest BCUT2D eigenvalue weighted by molar-refractivity contribution is 5.76. The first-order valence-corrected chi connectivity index (χ1v) is 7.33. The number of nitrogens with zero attached hydrogens (tertiary/aromatic N) is 3. The summed E-state index contributed by atoms with van der Waals surface area (Å²) in [4.78, 5) is 20.0. The molecule has 7 heteroatoms. The molecule has 0 bridgehead atoms. The summed E-state index contributed by atoms with van der Waals surface area (Å²) in [5.74, 6) is 1.74. The molecule has 0 aliphatic heterocycles. The number of nitrogens with one attached hydrogen (secondary N) is 1. The molecule has 0 radical (unpaired) electrons. The fourth-order valence-electron chi connectivity index (χ4n) is 2.06. The van der Waals surface area contributed by atoms with Gasteiger partial charge in [-0.3, -0.25) is 9.78 Å². The van der Waals surface area contributed by atoms with Crippen molar-refractivity contribution in [2.24, 2.45) is 0 Å². The molecule has 23 heavy (non-hydrogen) atoms. The Labute approximate surface area is 132 Å². The van der Waals surface area contributed by atoms with Crippen LogP contribution in [-0.2, 0) is 17.6 Å². The Balaban J connectivity index is 1.43. The van der Waals surface area contributed by atoms with E-state index in [1.165, 1.54) is 0 Å². The van der Waals surface area contributed by atoms with Crippen LogP contribution < -0.4 is 5.32 Å². The van der Waals surface area contributed by atoms with Crippen molar-refractivity contribution in [1.82, 2.24) is 20.4 Å². The van der Waals surface area contributed by atoms with Gasteiger partial charge in [-0.2, -0.15) is 4.98 Å². The molecule has 0 unspecified atom stereocenters. The Morgan fingerprint density at radius 2 is 2.04 bits per heavy atom. The zero-order chi connectivity index (χ0) is 15.9. The number of aromatic nitrogens is 3. The summed E-state index contributed by atoms with van der Waals surface area (Å²) in [6.45, 7) is 0.540. The topological polar surface area (TPSA) is 94.0 Å². The minimum atomic E-state index is -0.0554. The first-order valence-electron chi connectivity index (χ1n) is 7.33. The molecule has 3 aromatic rings. The van der Waals surface area contributed by atoms with Gasteiger partial charge in [-0.05, 0) is 24.3 Å². The number of amides is 1. The van der Waals surface area contributed by atoms with Crippen molar-refractivity contribution in [3.05, 3.63) is 54.6 Å². The lowest BCUT2D eigenvalue weighted by atomic mass is 10.2. The van der Waals surface area contributed by atoms with Gasteiger partial charge in [0.2, 0.25) is 17.6 Å². The van der Waals surface area contributed by atoms with Crippen LogP contribution >= 0.6 is 0 Å². The summed E-state index contributed by atoms with van der Waals surface area (Å²) in [6, 6.07) is 7.31. The number of hydrogen-bond acceptors (Lipinski definition) is 6. The minimum Gasteiger partial charge on any atom is -0.469 e. The maximum atomic E-state index is 11.8. The van der Waals surface area contributed by atoms with E-state index in [1.807, 2.05) is 12.1 Å². The van der Waals surface area contributed by atoms with Crippen molar-refractivity contribution in [2.75, 3.05) is 6.54 Å². The largest absolute Gasteiger partial charge is 0.469 e. The summed E-state index contributed by atoms with van der Waals surface area (Å²) in [5, 5.41) is 6.73. The molecule has 0 fully saturated rings. The molecular formula is C16H16N4O3. The molecule has 118 valence electrons. The van der Waals surface area contributed by atoms with Crippen molar-refractivity contribution < 1.29 is 13.7 Å². The normalized spacial score (nSPS) is 10.6. The summed E-state index contributed by atoms with van der Waals surface area (Å²) in [5.41, 5.74) is 0.831. The Morgan fingerprint density at radius 3 is 2.83 bits per heavy atom. The van der Waals surface area contributed by atoms with Gasteiger partial charge in [0.1, 0.15) is 5.76 Å². The maximum absolute atomic E-state index is 11.8. The van der Waals surface area contributed by atoms with Crippen molar-refractivity contribution >= 4 is 5.91 Å². The van der Waals surface area contributed by atoms with Crippen LogP contribution in [0.5, 0.6) is 0 Å². The van der Waals surface area contributed by atoms with Gasteiger partial charge in [-0.25, -0.2) is 0 Å². The summed E-state index contributed by atoms with van der Waals surface area (Å²) in [7, 11) is 0. The predicted molar refractivity (Wildman–Crippen MR) is 81.3 cm³/mol. The predicted octanol–water partition coefficient (Wildman–Crippen LogP) is 2.02. The van der Waals surface area contributed by atoms with E-state index in [2.05, 4.69) is 20.4 Å². The van der Waals surface area contributed by atoms with E-state index in [-0.39, 0.29) is 5.91 Å². The van der Waals surface area contributed by atoms with E-state index in [1.54, 1.807) is 30.8 Å². The fraction of sp³-hybridized carbons (Fsp3) is 0.250. The van der Waals surface area contributed by atoms with Gasteiger partial charge in [0.15, 0.2) is 0 Å². The number of pyridine rings is 1. The average Bonchev–Trinajstić information content (AvgIpc) is 3.25. The molecule has 0 aromatic carbocycles.